The third kappa shape index (κ3) is 3.72. The summed E-state index contributed by atoms with van der Waals surface area (Å²) in [6, 6.07) is 10.4. The summed E-state index contributed by atoms with van der Waals surface area (Å²) in [4.78, 5) is 9.09. The quantitative estimate of drug-likeness (QED) is 0.868. The lowest BCUT2D eigenvalue weighted by Crippen LogP contribution is -2.27. The molecule has 0 N–H and O–H groups in total. The molecule has 1 saturated heterocycles. The van der Waals surface area contributed by atoms with Gasteiger partial charge in [0.15, 0.2) is 5.82 Å². The maximum absolute atomic E-state index is 4.71. The van der Waals surface area contributed by atoms with E-state index in [1.807, 2.05) is 13.1 Å². The normalized spacial score (nSPS) is 15.4. The minimum absolute atomic E-state index is 0.763. The van der Waals surface area contributed by atoms with Crippen LogP contribution in [-0.2, 0) is 6.54 Å². The molecule has 0 radical (unpaired) electrons. The lowest BCUT2D eigenvalue weighted by Gasteiger charge is -2.22. The predicted molar refractivity (Wildman–Crippen MR) is 89.1 cm³/mol. The Morgan fingerprint density at radius 1 is 1.05 bits per heavy atom. The molecular formula is C17H23N5. The summed E-state index contributed by atoms with van der Waals surface area (Å²) in [5.74, 6) is 1.64. The lowest BCUT2D eigenvalue weighted by atomic mass is 10.2. The molecule has 0 atom stereocenters. The molecule has 2 heterocycles. The highest BCUT2D eigenvalue weighted by Gasteiger charge is 2.14. The summed E-state index contributed by atoms with van der Waals surface area (Å²) in [7, 11) is 2.04. The van der Waals surface area contributed by atoms with Crippen LogP contribution in [0.2, 0.25) is 0 Å². The Kier molecular flexibility index (Phi) is 4.83. The molecule has 5 nitrogen and oxygen atoms in total. The fourth-order valence-corrected chi connectivity index (χ4v) is 2.81. The van der Waals surface area contributed by atoms with Gasteiger partial charge in [-0.15, -0.1) is 5.10 Å². The van der Waals surface area contributed by atoms with Crippen LogP contribution in [0.5, 0.6) is 0 Å². The molecule has 0 saturated carbocycles. The largest absolute Gasteiger partial charge is 0.354 e. The van der Waals surface area contributed by atoms with Crippen LogP contribution in [0.1, 0.15) is 31.2 Å². The van der Waals surface area contributed by atoms with Gasteiger partial charge in [0.05, 0.1) is 6.20 Å². The van der Waals surface area contributed by atoms with Crippen molar-refractivity contribution in [3.8, 4) is 0 Å². The van der Waals surface area contributed by atoms with Crippen LogP contribution in [0.15, 0.2) is 36.5 Å². The molecule has 1 aliphatic rings. The second-order valence-electron chi connectivity index (χ2n) is 5.86. The monoisotopic (exact) mass is 297 g/mol. The van der Waals surface area contributed by atoms with Gasteiger partial charge in [-0.05, 0) is 18.4 Å². The average Bonchev–Trinajstić information content (AvgIpc) is 2.85. The van der Waals surface area contributed by atoms with Crippen LogP contribution in [0, 0.1) is 0 Å². The molecular weight excluding hydrogens is 274 g/mol. The summed E-state index contributed by atoms with van der Waals surface area (Å²) in [5, 5.41) is 8.39. The molecule has 0 amide bonds. The first kappa shape index (κ1) is 14.8. The maximum atomic E-state index is 4.71. The molecule has 1 aromatic carbocycles. The van der Waals surface area contributed by atoms with Crippen molar-refractivity contribution < 1.29 is 0 Å². The second-order valence-corrected chi connectivity index (χ2v) is 5.86. The number of hydrogen-bond acceptors (Lipinski definition) is 5. The number of benzene rings is 1. The Hall–Kier alpha value is -2.17. The first-order chi connectivity index (χ1) is 10.8. The van der Waals surface area contributed by atoms with Crippen molar-refractivity contribution in [3.05, 3.63) is 42.1 Å². The van der Waals surface area contributed by atoms with Gasteiger partial charge in [-0.2, -0.15) is 10.1 Å². The van der Waals surface area contributed by atoms with Crippen LogP contribution < -0.4 is 9.80 Å². The van der Waals surface area contributed by atoms with Crippen LogP contribution >= 0.6 is 0 Å². The molecule has 116 valence electrons. The number of anilines is 2. The van der Waals surface area contributed by atoms with Crippen molar-refractivity contribution in [1.29, 1.82) is 0 Å². The Bertz CT molecular complexity index is 579. The van der Waals surface area contributed by atoms with E-state index in [1.165, 1.54) is 31.2 Å². The smallest absolute Gasteiger partial charge is 0.247 e. The third-order valence-corrected chi connectivity index (χ3v) is 4.08. The minimum atomic E-state index is 0.763. The Morgan fingerprint density at radius 3 is 2.50 bits per heavy atom. The highest BCUT2D eigenvalue weighted by Crippen LogP contribution is 2.18. The molecule has 0 unspecified atom stereocenters. The van der Waals surface area contributed by atoms with Crippen molar-refractivity contribution in [1.82, 2.24) is 15.2 Å². The Morgan fingerprint density at radius 2 is 1.77 bits per heavy atom. The zero-order chi connectivity index (χ0) is 15.2. The molecule has 22 heavy (non-hydrogen) atoms. The second kappa shape index (κ2) is 7.20. The molecule has 0 aliphatic carbocycles. The summed E-state index contributed by atoms with van der Waals surface area (Å²) < 4.78 is 0. The van der Waals surface area contributed by atoms with Gasteiger partial charge in [-0.25, -0.2) is 0 Å². The fourth-order valence-electron chi connectivity index (χ4n) is 2.81. The molecule has 1 fully saturated rings. The molecule has 0 spiro atoms. The number of nitrogens with zero attached hydrogens (tertiary/aromatic N) is 5. The van der Waals surface area contributed by atoms with Crippen molar-refractivity contribution in [2.75, 3.05) is 29.9 Å². The summed E-state index contributed by atoms with van der Waals surface area (Å²) in [6.45, 7) is 2.89. The van der Waals surface area contributed by atoms with Gasteiger partial charge in [0.2, 0.25) is 5.95 Å². The molecule has 5 heteroatoms. The minimum Gasteiger partial charge on any atom is -0.354 e. The number of hydrogen-bond donors (Lipinski definition) is 0. The number of rotatable bonds is 4. The van der Waals surface area contributed by atoms with Crippen LogP contribution in [0.4, 0.5) is 11.8 Å². The predicted octanol–water partition coefficient (Wildman–Crippen LogP) is 2.89. The van der Waals surface area contributed by atoms with E-state index in [4.69, 9.17) is 4.98 Å². The summed E-state index contributed by atoms with van der Waals surface area (Å²) >= 11 is 0. The van der Waals surface area contributed by atoms with Crippen molar-refractivity contribution >= 4 is 11.8 Å². The van der Waals surface area contributed by atoms with Crippen molar-refractivity contribution in [2.24, 2.45) is 0 Å². The standard InChI is InChI=1S/C17H23N5/c1-21(14-15-9-5-4-6-10-15)16-13-18-20-17(19-16)22-11-7-2-3-8-12-22/h4-6,9-10,13H,2-3,7-8,11-12,14H2,1H3. The van der Waals surface area contributed by atoms with Gasteiger partial charge in [0.1, 0.15) is 0 Å². The van der Waals surface area contributed by atoms with Crippen molar-refractivity contribution in [2.45, 2.75) is 32.2 Å². The van der Waals surface area contributed by atoms with E-state index in [0.717, 1.165) is 31.4 Å². The van der Waals surface area contributed by atoms with Crippen LogP contribution in [0.3, 0.4) is 0 Å². The Labute approximate surface area is 132 Å². The maximum Gasteiger partial charge on any atom is 0.247 e. The summed E-state index contributed by atoms with van der Waals surface area (Å²) in [5.41, 5.74) is 1.26. The van der Waals surface area contributed by atoms with E-state index in [-0.39, 0.29) is 0 Å². The zero-order valence-electron chi connectivity index (χ0n) is 13.1. The van der Waals surface area contributed by atoms with Crippen molar-refractivity contribution in [3.63, 3.8) is 0 Å². The Balaban J connectivity index is 1.72. The van der Waals surface area contributed by atoms with Gasteiger partial charge < -0.3 is 9.80 Å². The van der Waals surface area contributed by atoms with E-state index >= 15 is 0 Å². The van der Waals surface area contributed by atoms with E-state index in [9.17, 15) is 0 Å². The summed E-state index contributed by atoms with van der Waals surface area (Å²) in [6.07, 6.45) is 6.78. The molecule has 3 rings (SSSR count). The SMILES string of the molecule is CN(Cc1ccccc1)c1cnnc(N2CCCCCC2)n1. The molecule has 0 bridgehead atoms. The van der Waals surface area contributed by atoms with E-state index < -0.39 is 0 Å². The highest BCUT2D eigenvalue weighted by atomic mass is 15.3. The van der Waals surface area contributed by atoms with E-state index in [1.54, 1.807) is 6.20 Å². The number of aromatic nitrogens is 3. The lowest BCUT2D eigenvalue weighted by molar-refractivity contribution is 0.726. The van der Waals surface area contributed by atoms with Gasteiger partial charge >= 0.3 is 0 Å². The first-order valence-electron chi connectivity index (χ1n) is 8.03. The fraction of sp³-hybridized carbons (Fsp3) is 0.471. The molecule has 2 aromatic rings. The van der Waals surface area contributed by atoms with Gasteiger partial charge in [-0.1, -0.05) is 43.2 Å². The molecule has 1 aromatic heterocycles. The van der Waals surface area contributed by atoms with Crippen LogP contribution in [0.25, 0.3) is 0 Å². The molecule has 1 aliphatic heterocycles. The zero-order valence-corrected chi connectivity index (χ0v) is 13.1. The topological polar surface area (TPSA) is 45.2 Å². The third-order valence-electron chi connectivity index (χ3n) is 4.08. The first-order valence-corrected chi connectivity index (χ1v) is 8.03. The van der Waals surface area contributed by atoms with Crippen LogP contribution in [-0.4, -0.2) is 35.3 Å². The van der Waals surface area contributed by atoms with E-state index in [0.29, 0.717) is 0 Å². The average molecular weight is 297 g/mol. The van der Waals surface area contributed by atoms with Gasteiger partial charge in [-0.3, -0.25) is 0 Å². The highest BCUT2D eigenvalue weighted by molar-refractivity contribution is 5.41. The van der Waals surface area contributed by atoms with E-state index in [2.05, 4.69) is 44.3 Å². The van der Waals surface area contributed by atoms with Gasteiger partial charge in [0.25, 0.3) is 0 Å². The van der Waals surface area contributed by atoms with Gasteiger partial charge in [0, 0.05) is 26.7 Å².